The van der Waals surface area contributed by atoms with E-state index in [1.54, 1.807) is 0 Å². The maximum absolute atomic E-state index is 14.0. The van der Waals surface area contributed by atoms with Crippen molar-refractivity contribution in [2.75, 3.05) is 12.0 Å². The number of ether oxygens (including phenoxy) is 1. The second-order valence-electron chi connectivity index (χ2n) is 5.57. The van der Waals surface area contributed by atoms with E-state index in [0.717, 1.165) is 11.1 Å². The first-order valence-corrected chi connectivity index (χ1v) is 8.68. The number of halogens is 2. The third-order valence-electron chi connectivity index (χ3n) is 3.77. The molecule has 134 valence electrons. The van der Waals surface area contributed by atoms with E-state index in [0.29, 0.717) is 11.4 Å². The molecule has 4 nitrogen and oxygen atoms in total. The smallest absolute Gasteiger partial charge is 0.258 e. The second kappa shape index (κ2) is 7.61. The lowest BCUT2D eigenvalue weighted by Crippen LogP contribution is -2.30. The number of aryl methyl sites for hydroxylation is 1. The molecule has 7 heteroatoms. The van der Waals surface area contributed by atoms with Crippen LogP contribution in [0.1, 0.15) is 21.1 Å². The van der Waals surface area contributed by atoms with E-state index in [4.69, 9.17) is 4.74 Å². The normalized spacial score (nSPS) is 10.6. The van der Waals surface area contributed by atoms with Crippen LogP contribution in [-0.4, -0.2) is 18.0 Å². The zero-order chi connectivity index (χ0) is 18.7. The monoisotopic (exact) mass is 374 g/mol. The number of aromatic nitrogens is 1. The predicted molar refractivity (Wildman–Crippen MR) is 96.7 cm³/mol. The molecule has 0 saturated heterocycles. The Morgan fingerprint density at radius 2 is 1.92 bits per heavy atom. The van der Waals surface area contributed by atoms with Crippen molar-refractivity contribution < 1.29 is 18.3 Å². The van der Waals surface area contributed by atoms with Crippen LogP contribution < -0.4 is 9.64 Å². The minimum Gasteiger partial charge on any atom is -0.494 e. The van der Waals surface area contributed by atoms with Gasteiger partial charge in [-0.1, -0.05) is 0 Å². The lowest BCUT2D eigenvalue weighted by molar-refractivity contribution is 0.0984. The molecule has 1 heterocycles. The summed E-state index contributed by atoms with van der Waals surface area (Å²) in [6.07, 6.45) is 0. The first-order chi connectivity index (χ1) is 12.5. The topological polar surface area (TPSA) is 42.4 Å². The van der Waals surface area contributed by atoms with Gasteiger partial charge < -0.3 is 9.64 Å². The summed E-state index contributed by atoms with van der Waals surface area (Å²) in [5.41, 5.74) is 1.37. The molecule has 3 rings (SSSR count). The average Bonchev–Trinajstić information content (AvgIpc) is 3.05. The molecule has 0 N–H and O–H groups in total. The summed E-state index contributed by atoms with van der Waals surface area (Å²) in [5.74, 6) is -1.38. The van der Waals surface area contributed by atoms with E-state index in [2.05, 4.69) is 4.98 Å². The highest BCUT2D eigenvalue weighted by molar-refractivity contribution is 7.09. The molecule has 26 heavy (non-hydrogen) atoms. The van der Waals surface area contributed by atoms with E-state index >= 15 is 0 Å². The number of methoxy groups -OCH3 is 1. The van der Waals surface area contributed by atoms with Gasteiger partial charge in [-0.05, 0) is 49.4 Å². The minimum absolute atomic E-state index is 0.0602. The third kappa shape index (κ3) is 3.88. The SMILES string of the molecule is COc1ccc(C(=O)N(Cc2csc(C)n2)c2ccc(F)cc2)cc1F. The maximum atomic E-state index is 14.0. The van der Waals surface area contributed by atoms with E-state index in [1.165, 1.54) is 59.7 Å². The summed E-state index contributed by atoms with van der Waals surface area (Å²) in [7, 11) is 1.36. The molecule has 0 radical (unpaired) electrons. The van der Waals surface area contributed by atoms with Gasteiger partial charge in [0.05, 0.1) is 24.4 Å². The van der Waals surface area contributed by atoms with E-state index in [1.807, 2.05) is 12.3 Å². The lowest BCUT2D eigenvalue weighted by atomic mass is 10.1. The zero-order valence-electron chi connectivity index (χ0n) is 14.2. The van der Waals surface area contributed by atoms with Gasteiger partial charge in [-0.3, -0.25) is 4.79 Å². The molecular formula is C19H16F2N2O2S. The van der Waals surface area contributed by atoms with Gasteiger partial charge >= 0.3 is 0 Å². The highest BCUT2D eigenvalue weighted by Crippen LogP contribution is 2.24. The quantitative estimate of drug-likeness (QED) is 0.656. The largest absolute Gasteiger partial charge is 0.494 e. The van der Waals surface area contributed by atoms with Crippen molar-refractivity contribution in [3.8, 4) is 5.75 Å². The number of benzene rings is 2. The van der Waals surface area contributed by atoms with Crippen LogP contribution in [0, 0.1) is 18.6 Å². The molecule has 3 aromatic rings. The number of anilines is 1. The molecule has 0 unspecified atom stereocenters. The van der Waals surface area contributed by atoms with Crippen molar-refractivity contribution in [2.24, 2.45) is 0 Å². The number of amides is 1. The van der Waals surface area contributed by atoms with Crippen molar-refractivity contribution in [1.29, 1.82) is 0 Å². The fourth-order valence-electron chi connectivity index (χ4n) is 2.50. The number of thiazole rings is 1. The summed E-state index contributed by atoms with van der Waals surface area (Å²) in [4.78, 5) is 18.8. The van der Waals surface area contributed by atoms with Crippen molar-refractivity contribution in [3.05, 3.63) is 75.7 Å². The lowest BCUT2D eigenvalue weighted by Gasteiger charge is -2.22. The summed E-state index contributed by atoms with van der Waals surface area (Å²) < 4.78 is 32.2. The number of nitrogens with zero attached hydrogens (tertiary/aromatic N) is 2. The molecule has 2 aromatic carbocycles. The molecule has 0 bridgehead atoms. The predicted octanol–water partition coefficient (Wildman–Crippen LogP) is 4.59. The molecule has 0 aliphatic rings. The fourth-order valence-corrected chi connectivity index (χ4v) is 3.10. The van der Waals surface area contributed by atoms with Gasteiger partial charge in [-0.25, -0.2) is 13.8 Å². The molecule has 0 aliphatic heterocycles. The van der Waals surface area contributed by atoms with Crippen molar-refractivity contribution in [1.82, 2.24) is 4.98 Å². The summed E-state index contributed by atoms with van der Waals surface area (Å²) >= 11 is 1.47. The molecule has 0 atom stereocenters. The highest BCUT2D eigenvalue weighted by Gasteiger charge is 2.21. The first-order valence-electron chi connectivity index (χ1n) is 7.80. The van der Waals surface area contributed by atoms with Crippen LogP contribution in [0.5, 0.6) is 5.75 Å². The van der Waals surface area contributed by atoms with Crippen LogP contribution in [-0.2, 0) is 6.54 Å². The standard InChI is InChI=1S/C19H16F2N2O2S/c1-12-22-15(11-26-12)10-23(16-6-4-14(20)5-7-16)19(24)13-3-8-18(25-2)17(21)9-13/h3-9,11H,10H2,1-2H3. The first kappa shape index (κ1) is 18.0. The van der Waals surface area contributed by atoms with Gasteiger partial charge in [0, 0.05) is 16.6 Å². The number of hydrogen-bond donors (Lipinski definition) is 0. The Morgan fingerprint density at radius 3 is 2.50 bits per heavy atom. The number of hydrogen-bond acceptors (Lipinski definition) is 4. The highest BCUT2D eigenvalue weighted by atomic mass is 32.1. The second-order valence-corrected chi connectivity index (χ2v) is 6.64. The van der Waals surface area contributed by atoms with Crippen LogP contribution in [0.3, 0.4) is 0 Å². The average molecular weight is 374 g/mol. The van der Waals surface area contributed by atoms with Crippen molar-refractivity contribution in [3.63, 3.8) is 0 Å². The number of rotatable bonds is 5. The van der Waals surface area contributed by atoms with Gasteiger partial charge in [0.25, 0.3) is 5.91 Å². The molecule has 1 aromatic heterocycles. The van der Waals surface area contributed by atoms with E-state index < -0.39 is 17.5 Å². The fraction of sp³-hybridized carbons (Fsp3) is 0.158. The molecule has 0 fully saturated rings. The van der Waals surface area contributed by atoms with Crippen molar-refractivity contribution >= 4 is 22.9 Å². The Kier molecular flexibility index (Phi) is 5.27. The van der Waals surface area contributed by atoms with Gasteiger partial charge in [-0.2, -0.15) is 0 Å². The molecule has 1 amide bonds. The molecule has 0 aliphatic carbocycles. The van der Waals surface area contributed by atoms with Gasteiger partial charge in [0.15, 0.2) is 11.6 Å². The van der Waals surface area contributed by atoms with E-state index in [9.17, 15) is 13.6 Å². The van der Waals surface area contributed by atoms with Crippen LogP contribution in [0.25, 0.3) is 0 Å². The van der Waals surface area contributed by atoms with Crippen molar-refractivity contribution in [2.45, 2.75) is 13.5 Å². The Bertz CT molecular complexity index is 926. The van der Waals surface area contributed by atoms with Gasteiger partial charge in [0.2, 0.25) is 0 Å². The Labute approximate surface area is 153 Å². The van der Waals surface area contributed by atoms with Gasteiger partial charge in [-0.15, -0.1) is 11.3 Å². The minimum atomic E-state index is -0.623. The number of carbonyl (C=O) groups is 1. The van der Waals surface area contributed by atoms with Crippen LogP contribution in [0.4, 0.5) is 14.5 Å². The molecule has 0 spiro atoms. The Hall–Kier alpha value is -2.80. The van der Waals surface area contributed by atoms with E-state index in [-0.39, 0.29) is 17.9 Å². The summed E-state index contributed by atoms with van der Waals surface area (Å²) in [6, 6.07) is 9.58. The molecular weight excluding hydrogens is 358 g/mol. The third-order valence-corrected chi connectivity index (χ3v) is 4.59. The zero-order valence-corrected chi connectivity index (χ0v) is 15.0. The summed E-state index contributed by atoms with van der Waals surface area (Å²) in [5, 5.41) is 2.73. The summed E-state index contributed by atoms with van der Waals surface area (Å²) in [6.45, 7) is 2.07. The Morgan fingerprint density at radius 1 is 1.19 bits per heavy atom. The van der Waals surface area contributed by atoms with Gasteiger partial charge in [0.1, 0.15) is 5.82 Å². The number of carbonyl (C=O) groups excluding carboxylic acids is 1. The van der Waals surface area contributed by atoms with Crippen LogP contribution >= 0.6 is 11.3 Å². The Balaban J connectivity index is 1.97. The van der Waals surface area contributed by atoms with Crippen LogP contribution in [0.15, 0.2) is 47.8 Å². The maximum Gasteiger partial charge on any atom is 0.258 e. The van der Waals surface area contributed by atoms with Crippen LogP contribution in [0.2, 0.25) is 0 Å². The molecule has 0 saturated carbocycles.